The first kappa shape index (κ1) is 22.4. The van der Waals surface area contributed by atoms with E-state index in [9.17, 15) is 18.0 Å². The second-order valence-electron chi connectivity index (χ2n) is 6.46. The van der Waals surface area contributed by atoms with Gasteiger partial charge in [0.05, 0.1) is 4.90 Å². The van der Waals surface area contributed by atoms with Gasteiger partial charge in [0, 0.05) is 6.54 Å². The van der Waals surface area contributed by atoms with Crippen LogP contribution in [0.25, 0.3) is 0 Å². The highest BCUT2D eigenvalue weighted by Gasteiger charge is 2.11. The van der Waals surface area contributed by atoms with E-state index in [-0.39, 0.29) is 11.5 Å². The van der Waals surface area contributed by atoms with Gasteiger partial charge in [-0.05, 0) is 49.1 Å². The van der Waals surface area contributed by atoms with E-state index in [1.54, 1.807) is 12.1 Å². The molecular weight excluding hydrogens is 396 g/mol. The molecule has 0 bridgehead atoms. The molecule has 0 radical (unpaired) electrons. The molecule has 29 heavy (non-hydrogen) atoms. The van der Waals surface area contributed by atoms with E-state index in [1.807, 2.05) is 32.0 Å². The van der Waals surface area contributed by atoms with E-state index in [4.69, 9.17) is 14.6 Å². The Morgan fingerprint density at radius 3 is 2.21 bits per heavy atom. The standard InChI is InChI=1S/C20H24N2O6S/c1-14-4-3-5-15(2)20(14)28-13-19(24)27-12-18(23)22-11-10-16-6-8-17(9-7-16)29(21,25)26/h3-9H,10-13H2,1-2H3,(H,22,23)(H2,21,25,26). The quantitative estimate of drug-likeness (QED) is 0.588. The van der Waals surface area contributed by atoms with Crippen molar-refractivity contribution < 1.29 is 27.5 Å². The van der Waals surface area contributed by atoms with Crippen molar-refractivity contribution in [2.75, 3.05) is 19.8 Å². The Balaban J connectivity index is 1.68. The SMILES string of the molecule is Cc1cccc(C)c1OCC(=O)OCC(=O)NCCc1ccc(S(N)(=O)=O)cc1. The summed E-state index contributed by atoms with van der Waals surface area (Å²) < 4.78 is 32.8. The van der Waals surface area contributed by atoms with Crippen LogP contribution in [-0.4, -0.2) is 40.1 Å². The molecule has 0 atom stereocenters. The summed E-state index contributed by atoms with van der Waals surface area (Å²) in [5.41, 5.74) is 2.65. The molecule has 0 aliphatic carbocycles. The number of nitrogens with one attached hydrogen (secondary N) is 1. The lowest BCUT2D eigenvalue weighted by molar-refractivity contribution is -0.150. The number of primary sulfonamides is 1. The molecule has 0 aliphatic rings. The first-order valence-corrected chi connectivity index (χ1v) is 10.4. The lowest BCUT2D eigenvalue weighted by atomic mass is 10.1. The Hall–Kier alpha value is -2.91. The molecule has 0 saturated carbocycles. The number of hydrogen-bond donors (Lipinski definition) is 2. The van der Waals surface area contributed by atoms with Crippen molar-refractivity contribution in [1.82, 2.24) is 5.32 Å². The molecule has 9 heteroatoms. The van der Waals surface area contributed by atoms with Gasteiger partial charge >= 0.3 is 5.97 Å². The summed E-state index contributed by atoms with van der Waals surface area (Å²) in [6.45, 7) is 3.38. The Morgan fingerprint density at radius 2 is 1.62 bits per heavy atom. The van der Waals surface area contributed by atoms with Gasteiger partial charge in [0.1, 0.15) is 5.75 Å². The van der Waals surface area contributed by atoms with Crippen molar-refractivity contribution >= 4 is 21.9 Å². The Bertz CT molecular complexity index is 951. The molecule has 156 valence electrons. The van der Waals surface area contributed by atoms with Crippen molar-refractivity contribution in [3.63, 3.8) is 0 Å². The van der Waals surface area contributed by atoms with Crippen molar-refractivity contribution in [1.29, 1.82) is 0 Å². The zero-order valence-corrected chi connectivity index (χ0v) is 17.1. The average Bonchev–Trinajstić information content (AvgIpc) is 2.65. The van der Waals surface area contributed by atoms with Gasteiger partial charge in [-0.2, -0.15) is 0 Å². The van der Waals surface area contributed by atoms with Crippen LogP contribution in [0.3, 0.4) is 0 Å². The van der Waals surface area contributed by atoms with Crippen LogP contribution in [0.4, 0.5) is 0 Å². The number of sulfonamides is 1. The van der Waals surface area contributed by atoms with Crippen LogP contribution in [0.15, 0.2) is 47.4 Å². The molecule has 3 N–H and O–H groups in total. The van der Waals surface area contributed by atoms with E-state index in [1.165, 1.54) is 12.1 Å². The maximum Gasteiger partial charge on any atom is 0.344 e. The first-order chi connectivity index (χ1) is 13.7. The minimum atomic E-state index is -3.72. The third-order valence-corrected chi connectivity index (χ3v) is 5.02. The monoisotopic (exact) mass is 420 g/mol. The summed E-state index contributed by atoms with van der Waals surface area (Å²) in [5.74, 6) is -0.449. The van der Waals surface area contributed by atoms with Gasteiger partial charge < -0.3 is 14.8 Å². The van der Waals surface area contributed by atoms with E-state index >= 15 is 0 Å². The summed E-state index contributed by atoms with van der Waals surface area (Å²) in [6, 6.07) is 11.7. The normalized spacial score (nSPS) is 11.0. The van der Waals surface area contributed by atoms with E-state index < -0.39 is 28.5 Å². The highest BCUT2D eigenvalue weighted by Crippen LogP contribution is 2.22. The molecule has 2 rings (SSSR count). The van der Waals surface area contributed by atoms with Crippen molar-refractivity contribution in [3.8, 4) is 5.75 Å². The van der Waals surface area contributed by atoms with E-state index in [2.05, 4.69) is 5.32 Å². The van der Waals surface area contributed by atoms with Gasteiger partial charge in [-0.25, -0.2) is 18.4 Å². The van der Waals surface area contributed by atoms with Gasteiger partial charge in [0.25, 0.3) is 5.91 Å². The Kier molecular flexibility index (Phi) is 7.74. The van der Waals surface area contributed by atoms with Crippen LogP contribution < -0.4 is 15.2 Å². The molecule has 0 spiro atoms. The molecular formula is C20H24N2O6S. The van der Waals surface area contributed by atoms with Crippen LogP contribution in [-0.2, 0) is 30.8 Å². The highest BCUT2D eigenvalue weighted by atomic mass is 32.2. The van der Waals surface area contributed by atoms with Gasteiger partial charge in [-0.15, -0.1) is 0 Å². The van der Waals surface area contributed by atoms with Crippen molar-refractivity contribution in [2.45, 2.75) is 25.2 Å². The molecule has 8 nitrogen and oxygen atoms in total. The maximum absolute atomic E-state index is 11.8. The number of esters is 1. The summed E-state index contributed by atoms with van der Waals surface area (Å²) in [7, 11) is -3.72. The fourth-order valence-electron chi connectivity index (χ4n) is 2.59. The number of carbonyl (C=O) groups is 2. The summed E-state index contributed by atoms with van der Waals surface area (Å²) >= 11 is 0. The topological polar surface area (TPSA) is 125 Å². The number of aryl methyl sites for hydroxylation is 2. The third-order valence-electron chi connectivity index (χ3n) is 4.10. The second kappa shape index (κ2) is 10.0. The van der Waals surface area contributed by atoms with E-state index in [0.717, 1.165) is 16.7 Å². The molecule has 0 fully saturated rings. The molecule has 0 saturated heterocycles. The predicted octanol–water partition coefficient (Wildman–Crippen LogP) is 1.23. The van der Waals surface area contributed by atoms with Gasteiger partial charge in [0.15, 0.2) is 13.2 Å². The van der Waals surface area contributed by atoms with E-state index in [0.29, 0.717) is 18.7 Å². The number of hydrogen-bond acceptors (Lipinski definition) is 6. The summed E-state index contributed by atoms with van der Waals surface area (Å²) in [4.78, 5) is 23.6. The smallest absolute Gasteiger partial charge is 0.344 e. The molecule has 2 aromatic carbocycles. The number of amides is 1. The van der Waals surface area contributed by atoms with Crippen LogP contribution in [0.5, 0.6) is 5.75 Å². The second-order valence-corrected chi connectivity index (χ2v) is 8.02. The molecule has 1 amide bonds. The number of nitrogens with two attached hydrogens (primary N) is 1. The molecule has 2 aromatic rings. The van der Waals surface area contributed by atoms with Gasteiger partial charge in [0.2, 0.25) is 10.0 Å². The number of benzene rings is 2. The third kappa shape index (κ3) is 7.20. The summed E-state index contributed by atoms with van der Waals surface area (Å²) in [6.07, 6.45) is 0.486. The maximum atomic E-state index is 11.8. The van der Waals surface area contributed by atoms with Crippen LogP contribution in [0.2, 0.25) is 0 Å². The molecule has 0 unspecified atom stereocenters. The van der Waals surface area contributed by atoms with Gasteiger partial charge in [-0.3, -0.25) is 4.79 Å². The first-order valence-electron chi connectivity index (χ1n) is 8.90. The van der Waals surface area contributed by atoms with Crippen LogP contribution in [0.1, 0.15) is 16.7 Å². The van der Waals surface area contributed by atoms with Crippen LogP contribution >= 0.6 is 0 Å². The highest BCUT2D eigenvalue weighted by molar-refractivity contribution is 7.89. The number of para-hydroxylation sites is 1. The Labute approximate surface area is 170 Å². The lowest BCUT2D eigenvalue weighted by Crippen LogP contribution is -2.31. The predicted molar refractivity (Wildman–Crippen MR) is 107 cm³/mol. The fourth-order valence-corrected chi connectivity index (χ4v) is 3.10. The van der Waals surface area contributed by atoms with Crippen molar-refractivity contribution in [2.24, 2.45) is 5.14 Å². The molecule has 0 aliphatic heterocycles. The zero-order chi connectivity index (χ0) is 21.4. The fraction of sp³-hybridized carbons (Fsp3) is 0.300. The average molecular weight is 420 g/mol. The minimum Gasteiger partial charge on any atom is -0.481 e. The van der Waals surface area contributed by atoms with Crippen molar-refractivity contribution in [3.05, 3.63) is 59.2 Å². The Morgan fingerprint density at radius 1 is 1.00 bits per heavy atom. The zero-order valence-electron chi connectivity index (χ0n) is 16.3. The largest absolute Gasteiger partial charge is 0.481 e. The van der Waals surface area contributed by atoms with Crippen LogP contribution in [0, 0.1) is 13.8 Å². The number of carbonyl (C=O) groups excluding carboxylic acids is 2. The summed E-state index contributed by atoms with van der Waals surface area (Å²) in [5, 5.41) is 7.66. The molecule has 0 heterocycles. The molecule has 0 aromatic heterocycles. The van der Waals surface area contributed by atoms with Gasteiger partial charge in [-0.1, -0.05) is 30.3 Å². The number of rotatable bonds is 9. The lowest BCUT2D eigenvalue weighted by Gasteiger charge is -2.11. The number of ether oxygens (including phenoxy) is 2. The minimum absolute atomic E-state index is 0.0281.